The molecule has 1 saturated heterocycles. The van der Waals surface area contributed by atoms with Gasteiger partial charge in [-0.1, -0.05) is 12.1 Å². The van der Waals surface area contributed by atoms with Crippen LogP contribution in [0.25, 0.3) is 0 Å². The maximum absolute atomic E-state index is 11.6. The third kappa shape index (κ3) is 4.27. The highest BCUT2D eigenvalue weighted by atomic mass is 16.5. The largest absolute Gasteiger partial charge is 0.367 e. The summed E-state index contributed by atoms with van der Waals surface area (Å²) in [6.45, 7) is 11.0. The molecule has 1 fully saturated rings. The lowest BCUT2D eigenvalue weighted by atomic mass is 9.98. The minimum Gasteiger partial charge on any atom is -0.367 e. The predicted octanol–water partition coefficient (Wildman–Crippen LogP) is 1.68. The average molecular weight is 291 g/mol. The Hall–Kier alpha value is -1.43. The monoisotopic (exact) mass is 291 g/mol. The number of carbonyl (C=O) groups is 1. The standard InChI is InChI=1S/C16H25N3O2/c1-15(2)10-19(11-16(3,4)21-15)9-12-6-5-7-13(8-12)14(20)18-17/h5-8H,9-11,17H2,1-4H3,(H,18,20). The van der Waals surface area contributed by atoms with Crippen molar-refractivity contribution in [2.45, 2.75) is 45.4 Å². The zero-order chi connectivity index (χ0) is 15.7. The number of nitrogens with zero attached hydrogens (tertiary/aromatic N) is 1. The van der Waals surface area contributed by atoms with E-state index in [4.69, 9.17) is 10.6 Å². The van der Waals surface area contributed by atoms with Gasteiger partial charge >= 0.3 is 0 Å². The van der Waals surface area contributed by atoms with Crippen molar-refractivity contribution < 1.29 is 9.53 Å². The molecule has 1 amide bonds. The van der Waals surface area contributed by atoms with Gasteiger partial charge < -0.3 is 4.74 Å². The van der Waals surface area contributed by atoms with Crippen LogP contribution in [-0.2, 0) is 11.3 Å². The van der Waals surface area contributed by atoms with Gasteiger partial charge in [0.15, 0.2) is 0 Å². The van der Waals surface area contributed by atoms with Crippen molar-refractivity contribution in [1.29, 1.82) is 0 Å². The zero-order valence-corrected chi connectivity index (χ0v) is 13.3. The molecular weight excluding hydrogens is 266 g/mol. The van der Waals surface area contributed by atoms with E-state index in [1.807, 2.05) is 18.2 Å². The highest BCUT2D eigenvalue weighted by molar-refractivity contribution is 5.93. The summed E-state index contributed by atoms with van der Waals surface area (Å²) in [7, 11) is 0. The quantitative estimate of drug-likeness (QED) is 0.505. The van der Waals surface area contributed by atoms with Crippen molar-refractivity contribution in [3.63, 3.8) is 0 Å². The molecule has 2 rings (SSSR count). The summed E-state index contributed by atoms with van der Waals surface area (Å²) in [6, 6.07) is 7.57. The van der Waals surface area contributed by atoms with Crippen molar-refractivity contribution >= 4 is 5.91 Å². The van der Waals surface area contributed by atoms with E-state index in [0.29, 0.717) is 5.56 Å². The third-order valence-electron chi connectivity index (χ3n) is 3.49. The van der Waals surface area contributed by atoms with Crippen LogP contribution >= 0.6 is 0 Å². The molecule has 0 spiro atoms. The molecule has 5 heteroatoms. The molecular formula is C16H25N3O2. The Balaban J connectivity index is 2.12. The number of rotatable bonds is 3. The summed E-state index contributed by atoms with van der Waals surface area (Å²) in [5.74, 6) is 4.92. The molecule has 0 aromatic heterocycles. The second-order valence-corrected chi connectivity index (χ2v) is 6.94. The number of carbonyl (C=O) groups excluding carboxylic acids is 1. The summed E-state index contributed by atoms with van der Waals surface area (Å²) >= 11 is 0. The highest BCUT2D eigenvalue weighted by Crippen LogP contribution is 2.29. The fourth-order valence-electron chi connectivity index (χ4n) is 3.21. The number of hydrogen-bond donors (Lipinski definition) is 2. The highest BCUT2D eigenvalue weighted by Gasteiger charge is 2.37. The van der Waals surface area contributed by atoms with Crippen LogP contribution in [0, 0.1) is 0 Å². The van der Waals surface area contributed by atoms with Crippen molar-refractivity contribution in [3.05, 3.63) is 35.4 Å². The third-order valence-corrected chi connectivity index (χ3v) is 3.49. The Morgan fingerprint density at radius 3 is 2.48 bits per heavy atom. The van der Waals surface area contributed by atoms with Crippen LogP contribution in [0.15, 0.2) is 24.3 Å². The Morgan fingerprint density at radius 2 is 1.90 bits per heavy atom. The van der Waals surface area contributed by atoms with E-state index in [0.717, 1.165) is 25.2 Å². The van der Waals surface area contributed by atoms with E-state index < -0.39 is 0 Å². The topological polar surface area (TPSA) is 67.6 Å². The van der Waals surface area contributed by atoms with Crippen LogP contribution in [0.2, 0.25) is 0 Å². The molecule has 3 N–H and O–H groups in total. The molecule has 1 aromatic carbocycles. The van der Waals surface area contributed by atoms with Gasteiger partial charge in [-0.25, -0.2) is 5.84 Å². The summed E-state index contributed by atoms with van der Waals surface area (Å²) in [5.41, 5.74) is 3.51. The predicted molar refractivity (Wildman–Crippen MR) is 82.6 cm³/mol. The molecule has 0 bridgehead atoms. The fourth-order valence-corrected chi connectivity index (χ4v) is 3.21. The lowest BCUT2D eigenvalue weighted by Gasteiger charge is -2.47. The Labute approximate surface area is 126 Å². The van der Waals surface area contributed by atoms with Gasteiger partial charge in [-0.05, 0) is 45.4 Å². The number of nitrogens with one attached hydrogen (secondary N) is 1. The minimum atomic E-state index is -0.264. The molecule has 0 saturated carbocycles. The maximum atomic E-state index is 11.6. The van der Waals surface area contributed by atoms with Gasteiger partial charge in [-0.3, -0.25) is 15.1 Å². The van der Waals surface area contributed by atoms with Gasteiger partial charge in [0.05, 0.1) is 11.2 Å². The van der Waals surface area contributed by atoms with Crippen LogP contribution in [-0.4, -0.2) is 35.1 Å². The summed E-state index contributed by atoms with van der Waals surface area (Å²) < 4.78 is 6.09. The lowest BCUT2D eigenvalue weighted by molar-refractivity contribution is -0.182. The summed E-state index contributed by atoms with van der Waals surface area (Å²) in [4.78, 5) is 14.0. The van der Waals surface area contributed by atoms with Gasteiger partial charge in [0.2, 0.25) is 0 Å². The fraction of sp³-hybridized carbons (Fsp3) is 0.562. The van der Waals surface area contributed by atoms with Gasteiger partial charge in [-0.2, -0.15) is 0 Å². The number of nitrogen functional groups attached to an aromatic ring is 1. The molecule has 21 heavy (non-hydrogen) atoms. The molecule has 0 aliphatic carbocycles. The molecule has 1 aromatic rings. The Kier molecular flexibility index (Phi) is 4.37. The van der Waals surface area contributed by atoms with Crippen molar-refractivity contribution in [1.82, 2.24) is 10.3 Å². The van der Waals surface area contributed by atoms with Crippen LogP contribution in [0.3, 0.4) is 0 Å². The number of benzene rings is 1. The first kappa shape index (κ1) is 15.9. The first-order valence-corrected chi connectivity index (χ1v) is 7.23. The molecule has 1 aliphatic heterocycles. The van der Waals surface area contributed by atoms with E-state index in [-0.39, 0.29) is 17.1 Å². The smallest absolute Gasteiger partial charge is 0.265 e. The van der Waals surface area contributed by atoms with Crippen LogP contribution in [0.4, 0.5) is 0 Å². The van der Waals surface area contributed by atoms with E-state index in [1.165, 1.54) is 0 Å². The molecule has 0 radical (unpaired) electrons. The average Bonchev–Trinajstić information content (AvgIpc) is 2.34. The Bertz CT molecular complexity index is 510. The molecule has 1 heterocycles. The zero-order valence-electron chi connectivity index (χ0n) is 13.3. The van der Waals surface area contributed by atoms with Crippen molar-refractivity contribution in [3.8, 4) is 0 Å². The van der Waals surface area contributed by atoms with E-state index in [2.05, 4.69) is 38.0 Å². The Morgan fingerprint density at radius 1 is 1.29 bits per heavy atom. The summed E-state index contributed by atoms with van der Waals surface area (Å²) in [6.07, 6.45) is 0. The number of amides is 1. The number of nitrogens with two attached hydrogens (primary N) is 1. The van der Waals surface area contributed by atoms with Crippen LogP contribution < -0.4 is 11.3 Å². The van der Waals surface area contributed by atoms with Crippen molar-refractivity contribution in [2.75, 3.05) is 13.1 Å². The molecule has 0 unspecified atom stereocenters. The van der Waals surface area contributed by atoms with E-state index >= 15 is 0 Å². The number of ether oxygens (including phenoxy) is 1. The number of hydrazine groups is 1. The first-order valence-electron chi connectivity index (χ1n) is 7.23. The minimum absolute atomic E-state index is 0.173. The van der Waals surface area contributed by atoms with Crippen LogP contribution in [0.5, 0.6) is 0 Å². The SMILES string of the molecule is CC1(C)CN(Cc2cccc(C(=O)NN)c2)CC(C)(C)O1. The van der Waals surface area contributed by atoms with Gasteiger partial charge in [0.1, 0.15) is 0 Å². The number of morpholine rings is 1. The normalized spacial score (nSPS) is 21.0. The molecule has 0 atom stereocenters. The second kappa shape index (κ2) is 5.75. The van der Waals surface area contributed by atoms with E-state index in [9.17, 15) is 4.79 Å². The molecule has 1 aliphatic rings. The number of hydrogen-bond acceptors (Lipinski definition) is 4. The van der Waals surface area contributed by atoms with E-state index in [1.54, 1.807) is 6.07 Å². The van der Waals surface area contributed by atoms with Gasteiger partial charge in [0.25, 0.3) is 5.91 Å². The summed E-state index contributed by atoms with van der Waals surface area (Å²) in [5, 5.41) is 0. The molecule has 5 nitrogen and oxygen atoms in total. The first-order chi connectivity index (χ1) is 9.71. The maximum Gasteiger partial charge on any atom is 0.265 e. The van der Waals surface area contributed by atoms with Gasteiger partial charge in [0, 0.05) is 25.2 Å². The van der Waals surface area contributed by atoms with Crippen LogP contribution in [0.1, 0.15) is 43.6 Å². The lowest BCUT2D eigenvalue weighted by Crippen LogP contribution is -2.56. The van der Waals surface area contributed by atoms with Gasteiger partial charge in [-0.15, -0.1) is 0 Å². The molecule has 116 valence electrons. The second-order valence-electron chi connectivity index (χ2n) is 6.94. The van der Waals surface area contributed by atoms with Crippen molar-refractivity contribution in [2.24, 2.45) is 5.84 Å².